The van der Waals surface area contributed by atoms with E-state index >= 15 is 0 Å². The maximum absolute atomic E-state index is 11.7. The standard InChI is InChI=1S/C13H19N3O3/c1-3-6-15(9(2)17)12(13(18)19)11-7-14-8-16(11)10-4-5-10/h7-8,10,12H,3-6H2,1-2H3,(H,18,19). The van der Waals surface area contributed by atoms with Crippen LogP contribution in [0.5, 0.6) is 0 Å². The molecule has 1 aliphatic rings. The lowest BCUT2D eigenvalue weighted by Gasteiger charge is -2.28. The van der Waals surface area contributed by atoms with Crippen molar-refractivity contribution in [3.8, 4) is 0 Å². The lowest BCUT2D eigenvalue weighted by molar-refractivity contribution is -0.150. The van der Waals surface area contributed by atoms with Gasteiger partial charge in [-0.15, -0.1) is 0 Å². The quantitative estimate of drug-likeness (QED) is 0.847. The highest BCUT2D eigenvalue weighted by Crippen LogP contribution is 2.37. The van der Waals surface area contributed by atoms with E-state index in [1.165, 1.54) is 11.8 Å². The van der Waals surface area contributed by atoms with E-state index < -0.39 is 12.0 Å². The molecule has 6 nitrogen and oxygen atoms in total. The van der Waals surface area contributed by atoms with Crippen LogP contribution < -0.4 is 0 Å². The van der Waals surface area contributed by atoms with Gasteiger partial charge in [-0.3, -0.25) is 4.79 Å². The summed E-state index contributed by atoms with van der Waals surface area (Å²) in [7, 11) is 0. The third-order valence-electron chi connectivity index (χ3n) is 3.33. The summed E-state index contributed by atoms with van der Waals surface area (Å²) < 4.78 is 1.89. The number of carboxylic acids is 1. The highest BCUT2D eigenvalue weighted by molar-refractivity contribution is 5.83. The van der Waals surface area contributed by atoms with Crippen LogP contribution in [0.15, 0.2) is 12.5 Å². The lowest BCUT2D eigenvalue weighted by atomic mass is 10.1. The molecule has 1 N–H and O–H groups in total. The Morgan fingerprint density at radius 1 is 1.58 bits per heavy atom. The van der Waals surface area contributed by atoms with Gasteiger partial charge in [-0.2, -0.15) is 0 Å². The molecule has 104 valence electrons. The van der Waals surface area contributed by atoms with Gasteiger partial charge in [-0.25, -0.2) is 9.78 Å². The van der Waals surface area contributed by atoms with Crippen LogP contribution in [-0.4, -0.2) is 38.0 Å². The first-order chi connectivity index (χ1) is 9.06. The number of carbonyl (C=O) groups is 2. The van der Waals surface area contributed by atoms with E-state index in [9.17, 15) is 14.7 Å². The van der Waals surface area contributed by atoms with Crippen LogP contribution in [0.25, 0.3) is 0 Å². The van der Waals surface area contributed by atoms with Crippen LogP contribution in [0.2, 0.25) is 0 Å². The van der Waals surface area contributed by atoms with Crippen molar-refractivity contribution in [2.24, 2.45) is 0 Å². The van der Waals surface area contributed by atoms with Gasteiger partial charge in [-0.05, 0) is 19.3 Å². The van der Waals surface area contributed by atoms with E-state index in [1.54, 1.807) is 12.5 Å². The summed E-state index contributed by atoms with van der Waals surface area (Å²) >= 11 is 0. The minimum Gasteiger partial charge on any atom is -0.479 e. The fourth-order valence-corrected chi connectivity index (χ4v) is 2.31. The molecule has 1 unspecified atom stereocenters. The van der Waals surface area contributed by atoms with Gasteiger partial charge in [0.05, 0.1) is 18.2 Å². The Morgan fingerprint density at radius 3 is 2.74 bits per heavy atom. The summed E-state index contributed by atoms with van der Waals surface area (Å²) in [6, 6.07) is -0.602. The zero-order chi connectivity index (χ0) is 14.0. The molecule has 0 bridgehead atoms. The number of rotatable bonds is 6. The molecule has 1 aromatic rings. The van der Waals surface area contributed by atoms with Crippen molar-refractivity contribution >= 4 is 11.9 Å². The summed E-state index contributed by atoms with van der Waals surface area (Å²) in [4.78, 5) is 28.7. The molecule has 0 saturated heterocycles. The Morgan fingerprint density at radius 2 is 2.26 bits per heavy atom. The summed E-state index contributed by atoms with van der Waals surface area (Å²) in [6.07, 6.45) is 6.03. The van der Waals surface area contributed by atoms with Crippen LogP contribution >= 0.6 is 0 Å². The molecular formula is C13H19N3O3. The number of aromatic nitrogens is 2. The molecule has 1 aliphatic carbocycles. The predicted octanol–water partition coefficient (Wildman–Crippen LogP) is 1.60. The van der Waals surface area contributed by atoms with Gasteiger partial charge in [0, 0.05) is 19.5 Å². The van der Waals surface area contributed by atoms with E-state index in [2.05, 4.69) is 4.98 Å². The van der Waals surface area contributed by atoms with Crippen molar-refractivity contribution in [3.05, 3.63) is 18.2 Å². The highest BCUT2D eigenvalue weighted by atomic mass is 16.4. The Hall–Kier alpha value is -1.85. The van der Waals surface area contributed by atoms with E-state index in [0.29, 0.717) is 18.3 Å². The van der Waals surface area contributed by atoms with Crippen LogP contribution in [-0.2, 0) is 9.59 Å². The summed E-state index contributed by atoms with van der Waals surface area (Å²) in [5.74, 6) is -1.23. The van der Waals surface area contributed by atoms with E-state index in [-0.39, 0.29) is 5.91 Å². The largest absolute Gasteiger partial charge is 0.479 e. The first-order valence-electron chi connectivity index (χ1n) is 6.58. The van der Waals surface area contributed by atoms with Gasteiger partial charge in [0.25, 0.3) is 0 Å². The normalized spacial score (nSPS) is 16.1. The number of imidazole rings is 1. The second kappa shape index (κ2) is 5.42. The average Bonchev–Trinajstić information content (AvgIpc) is 3.08. The van der Waals surface area contributed by atoms with Gasteiger partial charge < -0.3 is 14.6 Å². The number of aliphatic carboxylic acids is 1. The fourth-order valence-electron chi connectivity index (χ4n) is 2.31. The van der Waals surface area contributed by atoms with Gasteiger partial charge in [-0.1, -0.05) is 6.92 Å². The summed E-state index contributed by atoms with van der Waals surface area (Å²) in [6.45, 7) is 3.76. The number of carbonyl (C=O) groups excluding carboxylic acids is 1. The fraction of sp³-hybridized carbons (Fsp3) is 0.615. The second-order valence-electron chi connectivity index (χ2n) is 4.91. The number of nitrogens with zero attached hydrogens (tertiary/aromatic N) is 3. The lowest BCUT2D eigenvalue weighted by Crippen LogP contribution is -2.39. The van der Waals surface area contributed by atoms with Gasteiger partial charge >= 0.3 is 5.97 Å². The number of carboxylic acid groups (broad SMARTS) is 1. The molecule has 1 aromatic heterocycles. The minimum atomic E-state index is -1.01. The van der Waals surface area contributed by atoms with E-state index in [1.807, 2.05) is 11.5 Å². The van der Waals surface area contributed by atoms with Crippen molar-refractivity contribution < 1.29 is 14.7 Å². The molecule has 1 saturated carbocycles. The van der Waals surface area contributed by atoms with Crippen molar-refractivity contribution in [2.45, 2.75) is 45.2 Å². The van der Waals surface area contributed by atoms with E-state index in [0.717, 1.165) is 19.3 Å². The topological polar surface area (TPSA) is 75.4 Å². The summed E-state index contributed by atoms with van der Waals surface area (Å²) in [5, 5.41) is 9.48. The zero-order valence-electron chi connectivity index (χ0n) is 11.2. The number of amides is 1. The Kier molecular flexibility index (Phi) is 3.87. The molecule has 1 amide bonds. The van der Waals surface area contributed by atoms with Crippen LogP contribution in [0, 0.1) is 0 Å². The first-order valence-corrected chi connectivity index (χ1v) is 6.58. The summed E-state index contributed by atoms with van der Waals surface area (Å²) in [5.41, 5.74) is 0.596. The van der Waals surface area contributed by atoms with Crippen LogP contribution in [0.3, 0.4) is 0 Å². The zero-order valence-corrected chi connectivity index (χ0v) is 11.2. The van der Waals surface area contributed by atoms with Crippen LogP contribution in [0.1, 0.15) is 50.9 Å². The van der Waals surface area contributed by atoms with Crippen molar-refractivity contribution in [1.29, 1.82) is 0 Å². The maximum Gasteiger partial charge on any atom is 0.332 e. The third-order valence-corrected chi connectivity index (χ3v) is 3.33. The minimum absolute atomic E-state index is 0.224. The smallest absolute Gasteiger partial charge is 0.332 e. The molecule has 1 fully saturated rings. The van der Waals surface area contributed by atoms with Gasteiger partial charge in [0.2, 0.25) is 5.91 Å². The van der Waals surface area contributed by atoms with Gasteiger partial charge in [0.1, 0.15) is 0 Å². The third kappa shape index (κ3) is 2.77. The second-order valence-corrected chi connectivity index (χ2v) is 4.91. The number of hydrogen-bond donors (Lipinski definition) is 1. The highest BCUT2D eigenvalue weighted by Gasteiger charge is 2.35. The first kappa shape index (κ1) is 13.6. The molecule has 1 heterocycles. The molecule has 1 atom stereocenters. The monoisotopic (exact) mass is 265 g/mol. The van der Waals surface area contributed by atoms with Gasteiger partial charge in [0.15, 0.2) is 6.04 Å². The number of hydrogen-bond acceptors (Lipinski definition) is 3. The van der Waals surface area contributed by atoms with Crippen molar-refractivity contribution in [2.75, 3.05) is 6.54 Å². The maximum atomic E-state index is 11.7. The molecule has 6 heteroatoms. The van der Waals surface area contributed by atoms with Crippen molar-refractivity contribution in [3.63, 3.8) is 0 Å². The van der Waals surface area contributed by atoms with Crippen LogP contribution in [0.4, 0.5) is 0 Å². The molecule has 0 aliphatic heterocycles. The molecule has 0 radical (unpaired) electrons. The average molecular weight is 265 g/mol. The SMILES string of the molecule is CCCN(C(C)=O)C(C(=O)O)c1cncn1C1CC1. The molecular weight excluding hydrogens is 246 g/mol. The molecule has 19 heavy (non-hydrogen) atoms. The van der Waals surface area contributed by atoms with Crippen molar-refractivity contribution in [1.82, 2.24) is 14.5 Å². The Bertz CT molecular complexity index is 479. The molecule has 0 aromatic carbocycles. The Balaban J connectivity index is 2.35. The molecule has 0 spiro atoms. The van der Waals surface area contributed by atoms with E-state index in [4.69, 9.17) is 0 Å². The molecule has 2 rings (SSSR count). The Labute approximate surface area is 112 Å². The predicted molar refractivity (Wildman–Crippen MR) is 68.6 cm³/mol.